The van der Waals surface area contributed by atoms with E-state index in [4.69, 9.17) is 10.5 Å². The van der Waals surface area contributed by atoms with E-state index >= 15 is 0 Å². The zero-order valence-electron chi connectivity index (χ0n) is 12.5. The van der Waals surface area contributed by atoms with E-state index in [0.717, 1.165) is 12.8 Å². The molecular formula is C15H24ClFN2O2. The van der Waals surface area contributed by atoms with Gasteiger partial charge in [-0.25, -0.2) is 4.39 Å². The second-order valence-corrected chi connectivity index (χ2v) is 4.88. The van der Waals surface area contributed by atoms with E-state index in [9.17, 15) is 9.18 Å². The lowest BCUT2D eigenvalue weighted by molar-refractivity contribution is -0.121. The van der Waals surface area contributed by atoms with Crippen molar-refractivity contribution >= 4 is 18.3 Å². The molecule has 120 valence electrons. The summed E-state index contributed by atoms with van der Waals surface area (Å²) in [5, 5.41) is 2.79. The third-order valence-electron chi connectivity index (χ3n) is 3.47. The number of nitrogens with one attached hydrogen (secondary N) is 1. The van der Waals surface area contributed by atoms with Crippen LogP contribution in [0.3, 0.4) is 0 Å². The van der Waals surface area contributed by atoms with Crippen molar-refractivity contribution in [1.29, 1.82) is 0 Å². The molecule has 0 radical (unpaired) electrons. The highest BCUT2D eigenvalue weighted by Gasteiger charge is 2.20. The molecule has 0 unspecified atom stereocenters. The van der Waals surface area contributed by atoms with E-state index in [0.29, 0.717) is 6.54 Å². The Morgan fingerprint density at radius 2 is 1.95 bits per heavy atom. The predicted octanol–water partition coefficient (Wildman–Crippen LogP) is 2.65. The summed E-state index contributed by atoms with van der Waals surface area (Å²) in [5.74, 6) is -0.403. The standard InChI is InChI=1S/C15H23FN2O2.ClH/c1-3-15(17,4-2)11-18-14(19)9-10-20-13-8-6-5-7-12(13)16;/h5-8H,3-4,9-11,17H2,1-2H3,(H,18,19);1H. The van der Waals surface area contributed by atoms with Crippen LogP contribution >= 0.6 is 12.4 Å². The molecule has 6 heteroatoms. The van der Waals surface area contributed by atoms with Gasteiger partial charge in [-0.15, -0.1) is 12.4 Å². The van der Waals surface area contributed by atoms with Crippen molar-refractivity contribution < 1.29 is 13.9 Å². The second kappa shape index (κ2) is 9.58. The van der Waals surface area contributed by atoms with Crippen molar-refractivity contribution in [2.24, 2.45) is 5.73 Å². The Hall–Kier alpha value is -1.33. The van der Waals surface area contributed by atoms with E-state index in [-0.39, 0.29) is 42.6 Å². The molecule has 0 atom stereocenters. The topological polar surface area (TPSA) is 64.3 Å². The first kappa shape index (κ1) is 19.7. The van der Waals surface area contributed by atoms with Gasteiger partial charge in [-0.1, -0.05) is 26.0 Å². The van der Waals surface area contributed by atoms with Gasteiger partial charge in [0.25, 0.3) is 0 Å². The maximum atomic E-state index is 13.3. The molecule has 0 bridgehead atoms. The summed E-state index contributed by atoms with van der Waals surface area (Å²) in [6.45, 7) is 4.58. The van der Waals surface area contributed by atoms with Gasteiger partial charge in [0, 0.05) is 12.1 Å². The fourth-order valence-corrected chi connectivity index (χ4v) is 1.68. The molecular weight excluding hydrogens is 295 g/mol. The Morgan fingerprint density at radius 3 is 2.52 bits per heavy atom. The summed E-state index contributed by atoms with van der Waals surface area (Å²) in [4.78, 5) is 11.7. The molecule has 0 saturated heterocycles. The van der Waals surface area contributed by atoms with Gasteiger partial charge in [-0.05, 0) is 25.0 Å². The molecule has 0 aromatic heterocycles. The maximum Gasteiger partial charge on any atom is 0.223 e. The normalized spacial score (nSPS) is 10.7. The molecule has 4 nitrogen and oxygen atoms in total. The van der Waals surface area contributed by atoms with Gasteiger partial charge < -0.3 is 15.8 Å². The number of nitrogens with two attached hydrogens (primary N) is 1. The van der Waals surface area contributed by atoms with E-state index in [1.807, 2.05) is 13.8 Å². The Morgan fingerprint density at radius 1 is 1.33 bits per heavy atom. The lowest BCUT2D eigenvalue weighted by Crippen LogP contribution is -2.49. The largest absolute Gasteiger partial charge is 0.490 e. The molecule has 3 N–H and O–H groups in total. The zero-order chi connectivity index (χ0) is 15.0. The van der Waals surface area contributed by atoms with Crippen LogP contribution in [0.5, 0.6) is 5.75 Å². The number of para-hydroxylation sites is 1. The Kier molecular flexibility index (Phi) is 8.97. The summed E-state index contributed by atoms with van der Waals surface area (Å²) in [6.07, 6.45) is 1.78. The fourth-order valence-electron chi connectivity index (χ4n) is 1.68. The highest BCUT2D eigenvalue weighted by atomic mass is 35.5. The van der Waals surface area contributed by atoms with E-state index < -0.39 is 5.82 Å². The number of hydrogen-bond acceptors (Lipinski definition) is 3. The Bertz CT molecular complexity index is 439. The highest BCUT2D eigenvalue weighted by Crippen LogP contribution is 2.15. The van der Waals surface area contributed by atoms with Crippen molar-refractivity contribution in [1.82, 2.24) is 5.32 Å². The number of amides is 1. The first-order valence-electron chi connectivity index (χ1n) is 6.93. The van der Waals surface area contributed by atoms with Crippen LogP contribution in [0.4, 0.5) is 4.39 Å². The molecule has 0 saturated carbocycles. The van der Waals surface area contributed by atoms with Gasteiger partial charge >= 0.3 is 0 Å². The quantitative estimate of drug-likeness (QED) is 0.774. The van der Waals surface area contributed by atoms with Gasteiger partial charge in [0.05, 0.1) is 13.0 Å². The number of ether oxygens (including phenoxy) is 1. The number of carbonyl (C=O) groups is 1. The van der Waals surface area contributed by atoms with E-state index in [1.165, 1.54) is 12.1 Å². The number of rotatable bonds is 8. The summed E-state index contributed by atoms with van der Waals surface area (Å²) in [7, 11) is 0. The molecule has 1 aromatic carbocycles. The van der Waals surface area contributed by atoms with Gasteiger partial charge in [-0.3, -0.25) is 4.79 Å². The molecule has 21 heavy (non-hydrogen) atoms. The van der Waals surface area contributed by atoms with Crippen LogP contribution in [0.1, 0.15) is 33.1 Å². The van der Waals surface area contributed by atoms with Gasteiger partial charge in [0.2, 0.25) is 5.91 Å². The third kappa shape index (κ3) is 6.78. The van der Waals surface area contributed by atoms with Gasteiger partial charge in [0.15, 0.2) is 11.6 Å². The van der Waals surface area contributed by atoms with Crippen molar-refractivity contribution in [2.75, 3.05) is 13.2 Å². The molecule has 0 fully saturated rings. The van der Waals surface area contributed by atoms with E-state index in [1.54, 1.807) is 12.1 Å². The van der Waals surface area contributed by atoms with Gasteiger partial charge in [0.1, 0.15) is 0 Å². The Labute approximate surface area is 131 Å². The first-order valence-corrected chi connectivity index (χ1v) is 6.93. The number of halogens is 2. The SMILES string of the molecule is CCC(N)(CC)CNC(=O)CCOc1ccccc1F.Cl. The predicted molar refractivity (Wildman–Crippen MR) is 84.3 cm³/mol. The number of carbonyl (C=O) groups excluding carboxylic acids is 1. The maximum absolute atomic E-state index is 13.3. The summed E-state index contributed by atoms with van der Waals surface area (Å²) >= 11 is 0. The van der Waals surface area contributed by atoms with Crippen molar-refractivity contribution in [2.45, 2.75) is 38.6 Å². The molecule has 1 rings (SSSR count). The molecule has 1 amide bonds. The zero-order valence-corrected chi connectivity index (χ0v) is 13.3. The minimum absolute atomic E-state index is 0. The minimum atomic E-state index is -0.425. The summed E-state index contributed by atoms with van der Waals surface area (Å²) < 4.78 is 18.5. The number of hydrogen-bond donors (Lipinski definition) is 2. The monoisotopic (exact) mass is 318 g/mol. The first-order chi connectivity index (χ1) is 9.50. The third-order valence-corrected chi connectivity index (χ3v) is 3.47. The lowest BCUT2D eigenvalue weighted by Gasteiger charge is -2.26. The lowest BCUT2D eigenvalue weighted by atomic mass is 9.94. The fraction of sp³-hybridized carbons (Fsp3) is 0.533. The Balaban J connectivity index is 0.00000400. The molecule has 1 aromatic rings. The van der Waals surface area contributed by atoms with Crippen LogP contribution < -0.4 is 15.8 Å². The molecule has 0 aliphatic heterocycles. The minimum Gasteiger partial charge on any atom is -0.490 e. The average Bonchev–Trinajstić information content (AvgIpc) is 2.47. The van der Waals surface area contributed by atoms with Crippen molar-refractivity contribution in [3.8, 4) is 5.75 Å². The van der Waals surface area contributed by atoms with Crippen molar-refractivity contribution in [3.63, 3.8) is 0 Å². The summed E-state index contributed by atoms with van der Waals surface area (Å²) in [6, 6.07) is 6.13. The van der Waals surface area contributed by atoms with Gasteiger partial charge in [-0.2, -0.15) is 0 Å². The summed E-state index contributed by atoms with van der Waals surface area (Å²) in [5.41, 5.74) is 5.73. The van der Waals surface area contributed by atoms with Crippen molar-refractivity contribution in [3.05, 3.63) is 30.1 Å². The smallest absolute Gasteiger partial charge is 0.223 e. The molecule has 0 aliphatic rings. The van der Waals surface area contributed by atoms with Crippen LogP contribution in [0.15, 0.2) is 24.3 Å². The van der Waals surface area contributed by atoms with Crippen LogP contribution in [-0.2, 0) is 4.79 Å². The highest BCUT2D eigenvalue weighted by molar-refractivity contribution is 5.85. The number of benzene rings is 1. The molecule has 0 aliphatic carbocycles. The van der Waals surface area contributed by atoms with Crippen LogP contribution in [0, 0.1) is 5.82 Å². The van der Waals surface area contributed by atoms with Crippen LogP contribution in [0.2, 0.25) is 0 Å². The molecule has 0 heterocycles. The van der Waals surface area contributed by atoms with Crippen LogP contribution in [-0.4, -0.2) is 24.6 Å². The average molecular weight is 319 g/mol. The second-order valence-electron chi connectivity index (χ2n) is 4.88. The molecule has 0 spiro atoms. The van der Waals surface area contributed by atoms with Crippen LogP contribution in [0.25, 0.3) is 0 Å². The van der Waals surface area contributed by atoms with E-state index in [2.05, 4.69) is 5.32 Å².